The molecule has 50 heavy (non-hydrogen) atoms. The highest BCUT2D eigenvalue weighted by atomic mass is 16.3. The van der Waals surface area contributed by atoms with Crippen LogP contribution >= 0.6 is 0 Å². The highest BCUT2D eigenvalue weighted by Gasteiger charge is 2.13. The molecule has 0 spiro atoms. The van der Waals surface area contributed by atoms with Gasteiger partial charge in [-0.25, -0.2) is 0 Å². The van der Waals surface area contributed by atoms with E-state index < -0.39 is 6.10 Å². The first-order valence-electron chi connectivity index (χ1n) is 17.0. The third-order valence-electron chi connectivity index (χ3n) is 8.68. The van der Waals surface area contributed by atoms with Crippen molar-refractivity contribution in [1.82, 2.24) is 16.0 Å². The molecule has 5 rings (SSSR count). The van der Waals surface area contributed by atoms with Crippen molar-refractivity contribution >= 4 is 11.8 Å². The zero-order valence-corrected chi connectivity index (χ0v) is 28.3. The van der Waals surface area contributed by atoms with Gasteiger partial charge in [-0.15, -0.1) is 0 Å². The van der Waals surface area contributed by atoms with Gasteiger partial charge in [0.05, 0.1) is 19.1 Å². The van der Waals surface area contributed by atoms with Crippen LogP contribution in [0.15, 0.2) is 121 Å². The predicted octanol–water partition coefficient (Wildman–Crippen LogP) is 5.64. The van der Waals surface area contributed by atoms with Gasteiger partial charge in [0, 0.05) is 36.8 Å². The highest BCUT2D eigenvalue weighted by Crippen LogP contribution is 2.23. The summed E-state index contributed by atoms with van der Waals surface area (Å²) < 4.78 is 0. The molecule has 2 amide bonds. The number of carbonyl (C=O) groups excluding carboxylic acids is 2. The summed E-state index contributed by atoms with van der Waals surface area (Å²) in [7, 11) is 0. The van der Waals surface area contributed by atoms with Crippen molar-refractivity contribution in [1.29, 1.82) is 0 Å². The number of rotatable bonds is 16. The number of carbonyl (C=O) groups is 2. The van der Waals surface area contributed by atoms with Gasteiger partial charge in [0.2, 0.25) is 5.91 Å². The molecule has 0 saturated carbocycles. The van der Waals surface area contributed by atoms with Crippen molar-refractivity contribution in [3.63, 3.8) is 0 Å². The minimum Gasteiger partial charge on any atom is -0.508 e. The molecule has 8 heteroatoms. The lowest BCUT2D eigenvalue weighted by atomic mass is 10.0. The summed E-state index contributed by atoms with van der Waals surface area (Å²) >= 11 is 0. The van der Waals surface area contributed by atoms with E-state index in [9.17, 15) is 24.9 Å². The Bertz CT molecular complexity index is 1840. The third kappa shape index (κ3) is 10.6. The van der Waals surface area contributed by atoms with Gasteiger partial charge >= 0.3 is 0 Å². The summed E-state index contributed by atoms with van der Waals surface area (Å²) in [6.45, 7) is 2.95. The van der Waals surface area contributed by atoms with Gasteiger partial charge in [-0.05, 0) is 83.0 Å². The normalized spacial score (nSPS) is 12.2. The second-order valence-electron chi connectivity index (χ2n) is 12.6. The number of aliphatic hydroxyl groups excluding tert-OH is 2. The summed E-state index contributed by atoms with van der Waals surface area (Å²) in [5, 5.41) is 39.0. The minimum atomic E-state index is -0.785. The zero-order valence-electron chi connectivity index (χ0n) is 28.3. The van der Waals surface area contributed by atoms with Crippen molar-refractivity contribution < 1.29 is 24.9 Å². The lowest BCUT2D eigenvalue weighted by molar-refractivity contribution is -0.120. The van der Waals surface area contributed by atoms with Crippen LogP contribution in [0.25, 0.3) is 11.1 Å². The van der Waals surface area contributed by atoms with Crippen LogP contribution in [0.1, 0.15) is 56.8 Å². The van der Waals surface area contributed by atoms with E-state index in [1.807, 2.05) is 61.5 Å². The van der Waals surface area contributed by atoms with E-state index in [4.69, 9.17) is 0 Å². The fourth-order valence-corrected chi connectivity index (χ4v) is 5.80. The number of benzene rings is 5. The van der Waals surface area contributed by atoms with Crippen molar-refractivity contribution in [3.05, 3.63) is 160 Å². The van der Waals surface area contributed by atoms with Crippen LogP contribution in [0.3, 0.4) is 0 Å². The van der Waals surface area contributed by atoms with E-state index in [1.54, 1.807) is 24.3 Å². The van der Waals surface area contributed by atoms with E-state index in [2.05, 4.69) is 52.3 Å². The number of phenols is 1. The van der Waals surface area contributed by atoms with Gasteiger partial charge in [-0.2, -0.15) is 0 Å². The van der Waals surface area contributed by atoms with E-state index in [0.717, 1.165) is 28.7 Å². The first-order chi connectivity index (χ1) is 24.3. The Hall–Kier alpha value is -5.28. The van der Waals surface area contributed by atoms with Gasteiger partial charge in [-0.1, -0.05) is 97.1 Å². The Morgan fingerprint density at radius 1 is 0.720 bits per heavy atom. The molecule has 258 valence electrons. The Labute approximate surface area is 293 Å². The number of nitrogens with one attached hydrogen (secondary N) is 3. The molecule has 0 aliphatic carbocycles. The molecule has 0 radical (unpaired) electrons. The van der Waals surface area contributed by atoms with Crippen LogP contribution in [0.2, 0.25) is 0 Å². The lowest BCUT2D eigenvalue weighted by Crippen LogP contribution is -2.32. The molecule has 6 N–H and O–H groups in total. The zero-order chi connectivity index (χ0) is 35.3. The van der Waals surface area contributed by atoms with Gasteiger partial charge in [0.25, 0.3) is 5.91 Å². The first kappa shape index (κ1) is 36.0. The predicted molar refractivity (Wildman–Crippen MR) is 197 cm³/mol. The maximum atomic E-state index is 12.8. The molecule has 0 fully saturated rings. The molecule has 5 aromatic carbocycles. The molecule has 0 aromatic heterocycles. The number of aliphatic hydroxyl groups is 2. The quantitative estimate of drug-likeness (QED) is 0.0806. The van der Waals surface area contributed by atoms with E-state index in [0.29, 0.717) is 42.7 Å². The molecule has 0 bridgehead atoms. The van der Waals surface area contributed by atoms with Crippen LogP contribution in [-0.2, 0) is 37.2 Å². The van der Waals surface area contributed by atoms with E-state index in [1.165, 1.54) is 17.2 Å². The van der Waals surface area contributed by atoms with Crippen LogP contribution in [-0.4, -0.2) is 46.3 Å². The van der Waals surface area contributed by atoms with Gasteiger partial charge in [-0.3, -0.25) is 9.59 Å². The summed E-state index contributed by atoms with van der Waals surface area (Å²) in [5.41, 5.74) is 7.97. The van der Waals surface area contributed by atoms with Crippen molar-refractivity contribution in [2.24, 2.45) is 0 Å². The van der Waals surface area contributed by atoms with Crippen LogP contribution in [0.5, 0.6) is 5.75 Å². The second-order valence-corrected chi connectivity index (χ2v) is 12.6. The van der Waals surface area contributed by atoms with Crippen LogP contribution in [0, 0.1) is 0 Å². The molecule has 5 aromatic rings. The molecule has 2 atom stereocenters. The van der Waals surface area contributed by atoms with Crippen LogP contribution < -0.4 is 16.0 Å². The molecule has 8 nitrogen and oxygen atoms in total. The van der Waals surface area contributed by atoms with Gasteiger partial charge in [0.1, 0.15) is 5.75 Å². The average Bonchev–Trinajstić information content (AvgIpc) is 3.14. The molecule has 0 saturated heterocycles. The number of hydrogen-bond acceptors (Lipinski definition) is 6. The second kappa shape index (κ2) is 17.9. The molecule has 0 heterocycles. The standard InChI is InChI=1S/C42H45N3O5/c1-29(44-27-40(48)37-18-19-39(47)38(25-37)28-46)22-32-6-5-7-33(23-32)24-41(49)45-26-31-12-16-36(17-13-31)42(50)43-21-20-30-10-14-35(15-11-30)34-8-3-2-4-9-34/h2-19,23,25,29,40,44,46-48H,20-22,24,26-28H2,1H3,(H,43,50)(H,45,49)/t29?,40-/m0/s1. The molecule has 0 aliphatic heterocycles. The van der Waals surface area contributed by atoms with Crippen molar-refractivity contribution in [2.45, 2.75) is 51.5 Å². The SMILES string of the molecule is CC(Cc1cccc(CC(=O)NCc2ccc(C(=O)NCCc3ccc(-c4ccccc4)cc3)cc2)c1)NC[C@H](O)c1ccc(O)c(CO)c1. The Kier molecular flexibility index (Phi) is 12.9. The summed E-state index contributed by atoms with van der Waals surface area (Å²) in [6.07, 6.45) is 0.912. The maximum absolute atomic E-state index is 12.8. The summed E-state index contributed by atoms with van der Waals surface area (Å²) in [5.74, 6) is -0.218. The fraction of sp³-hybridized carbons (Fsp3) is 0.238. The van der Waals surface area contributed by atoms with Gasteiger partial charge in [0.15, 0.2) is 0 Å². The first-order valence-corrected chi connectivity index (χ1v) is 17.0. The van der Waals surface area contributed by atoms with Gasteiger partial charge < -0.3 is 31.3 Å². The smallest absolute Gasteiger partial charge is 0.251 e. The lowest BCUT2D eigenvalue weighted by Gasteiger charge is -2.18. The summed E-state index contributed by atoms with van der Waals surface area (Å²) in [6, 6.07) is 38.6. The number of aromatic hydroxyl groups is 1. The van der Waals surface area contributed by atoms with Crippen molar-refractivity contribution in [3.8, 4) is 16.9 Å². The average molecular weight is 672 g/mol. The monoisotopic (exact) mass is 671 g/mol. The Morgan fingerprint density at radius 2 is 1.42 bits per heavy atom. The molecular formula is C42H45N3O5. The maximum Gasteiger partial charge on any atom is 0.251 e. The Morgan fingerprint density at radius 3 is 2.16 bits per heavy atom. The molecule has 0 aliphatic rings. The minimum absolute atomic E-state index is 0.00208. The van der Waals surface area contributed by atoms with E-state index in [-0.39, 0.29) is 36.6 Å². The number of amides is 2. The highest BCUT2D eigenvalue weighted by molar-refractivity contribution is 5.94. The molecule has 1 unspecified atom stereocenters. The molecular weight excluding hydrogens is 626 g/mol. The Balaban J connectivity index is 1.01. The van der Waals surface area contributed by atoms with Crippen molar-refractivity contribution in [2.75, 3.05) is 13.1 Å². The largest absolute Gasteiger partial charge is 0.508 e. The topological polar surface area (TPSA) is 131 Å². The fourth-order valence-electron chi connectivity index (χ4n) is 5.80. The van der Waals surface area contributed by atoms with Crippen LogP contribution in [0.4, 0.5) is 0 Å². The third-order valence-corrected chi connectivity index (χ3v) is 8.68. The number of hydrogen-bond donors (Lipinski definition) is 6. The summed E-state index contributed by atoms with van der Waals surface area (Å²) in [4.78, 5) is 25.4. The van der Waals surface area contributed by atoms with E-state index >= 15 is 0 Å².